The second-order valence-corrected chi connectivity index (χ2v) is 9.58. The van der Waals surface area contributed by atoms with Crippen molar-refractivity contribution in [1.82, 2.24) is 10.0 Å². The molecule has 158 valence electrons. The van der Waals surface area contributed by atoms with E-state index in [1.165, 1.54) is 5.56 Å². The summed E-state index contributed by atoms with van der Waals surface area (Å²) in [5.41, 5.74) is 1.22. The highest BCUT2D eigenvalue weighted by atomic mass is 35.5. The molecule has 28 heavy (non-hydrogen) atoms. The topological polar surface area (TPSA) is 95.5 Å². The van der Waals surface area contributed by atoms with Crippen molar-refractivity contribution < 1.29 is 18.3 Å². The molecule has 0 bridgehead atoms. The summed E-state index contributed by atoms with van der Waals surface area (Å²) >= 11 is 0. The minimum absolute atomic E-state index is 0. The largest absolute Gasteiger partial charge is 0.481 e. The van der Waals surface area contributed by atoms with Gasteiger partial charge in [0.25, 0.3) is 0 Å². The van der Waals surface area contributed by atoms with Crippen molar-refractivity contribution in [3.05, 3.63) is 29.8 Å². The number of piperidine rings is 1. The highest BCUT2D eigenvalue weighted by Gasteiger charge is 2.26. The summed E-state index contributed by atoms with van der Waals surface area (Å²) in [5, 5.41) is 12.1. The van der Waals surface area contributed by atoms with Crippen molar-refractivity contribution in [1.29, 1.82) is 0 Å². The average Bonchev–Trinajstić information content (AvgIpc) is 2.68. The third kappa shape index (κ3) is 6.44. The highest BCUT2D eigenvalue weighted by Crippen LogP contribution is 2.29. The lowest BCUT2D eigenvalue weighted by molar-refractivity contribution is -0.137. The molecule has 0 radical (unpaired) electrons. The molecule has 0 spiro atoms. The van der Waals surface area contributed by atoms with Crippen LogP contribution in [0.3, 0.4) is 0 Å². The fourth-order valence-corrected chi connectivity index (χ4v) is 5.56. The predicted molar refractivity (Wildman–Crippen MR) is 111 cm³/mol. The molecule has 6 nitrogen and oxygen atoms in total. The minimum Gasteiger partial charge on any atom is -0.481 e. The first-order valence-corrected chi connectivity index (χ1v) is 11.5. The van der Waals surface area contributed by atoms with Crippen LogP contribution in [0, 0.1) is 5.92 Å². The van der Waals surface area contributed by atoms with E-state index in [0.717, 1.165) is 51.6 Å². The van der Waals surface area contributed by atoms with Gasteiger partial charge in [-0.3, -0.25) is 4.79 Å². The fourth-order valence-electron chi connectivity index (χ4n) is 4.26. The first-order valence-electron chi connectivity index (χ1n) is 9.99. The summed E-state index contributed by atoms with van der Waals surface area (Å²) in [6.45, 7) is 2.03. The van der Waals surface area contributed by atoms with Crippen LogP contribution >= 0.6 is 12.4 Å². The van der Waals surface area contributed by atoms with Crippen LogP contribution in [0.25, 0.3) is 0 Å². The molecule has 0 atom stereocenters. The van der Waals surface area contributed by atoms with Gasteiger partial charge in [0, 0.05) is 12.5 Å². The van der Waals surface area contributed by atoms with E-state index in [0.29, 0.717) is 23.2 Å². The van der Waals surface area contributed by atoms with E-state index in [1.54, 1.807) is 12.1 Å². The Morgan fingerprint density at radius 2 is 1.64 bits per heavy atom. The number of hydrogen-bond donors (Lipinski definition) is 3. The molecule has 0 amide bonds. The molecule has 1 saturated heterocycles. The van der Waals surface area contributed by atoms with Gasteiger partial charge >= 0.3 is 5.97 Å². The number of sulfonamides is 1. The monoisotopic (exact) mass is 430 g/mol. The first-order chi connectivity index (χ1) is 12.9. The van der Waals surface area contributed by atoms with Crippen LogP contribution in [0.15, 0.2) is 29.2 Å². The van der Waals surface area contributed by atoms with Crippen LogP contribution in [0.5, 0.6) is 0 Å². The zero-order valence-electron chi connectivity index (χ0n) is 16.1. The van der Waals surface area contributed by atoms with Gasteiger partial charge in [0.05, 0.1) is 4.90 Å². The number of aliphatic carboxylic acids is 1. The molecule has 0 aromatic heterocycles. The second kappa shape index (κ2) is 10.6. The molecule has 1 aliphatic heterocycles. The van der Waals surface area contributed by atoms with Gasteiger partial charge in [0.15, 0.2) is 0 Å². The molecule has 0 unspecified atom stereocenters. The number of nitrogens with one attached hydrogen (secondary N) is 2. The Bertz CT molecular complexity index is 725. The van der Waals surface area contributed by atoms with Crippen LogP contribution in [-0.2, 0) is 14.8 Å². The molecule has 2 aliphatic rings. The molecular weight excluding hydrogens is 400 g/mol. The van der Waals surface area contributed by atoms with E-state index in [9.17, 15) is 13.2 Å². The van der Waals surface area contributed by atoms with Crippen LogP contribution < -0.4 is 10.0 Å². The van der Waals surface area contributed by atoms with E-state index in [-0.39, 0.29) is 24.9 Å². The minimum atomic E-state index is -3.51. The van der Waals surface area contributed by atoms with Gasteiger partial charge in [-0.25, -0.2) is 13.1 Å². The van der Waals surface area contributed by atoms with Crippen molar-refractivity contribution in [2.24, 2.45) is 5.92 Å². The third-order valence-electron chi connectivity index (χ3n) is 5.94. The number of carboxylic acid groups (broad SMARTS) is 1. The molecule has 3 N–H and O–H groups in total. The zero-order chi connectivity index (χ0) is 19.3. The van der Waals surface area contributed by atoms with E-state index >= 15 is 0 Å². The summed E-state index contributed by atoms with van der Waals surface area (Å²) < 4.78 is 28.2. The van der Waals surface area contributed by atoms with Crippen LogP contribution in [0.4, 0.5) is 0 Å². The van der Waals surface area contributed by atoms with E-state index in [1.807, 2.05) is 12.1 Å². The summed E-state index contributed by atoms with van der Waals surface area (Å²) in [5.74, 6) is 0.147. The molecule has 8 heteroatoms. The molecule has 1 heterocycles. The molecule has 1 aromatic rings. The average molecular weight is 431 g/mol. The van der Waals surface area contributed by atoms with Crippen molar-refractivity contribution in [3.8, 4) is 0 Å². The number of halogens is 1. The standard InChI is InChI=1S/C20H30N2O4S.ClH/c23-20(24)10-3-15-1-6-18(7-2-15)22-27(25,26)19-8-4-16(5-9-19)17-11-13-21-14-12-17;/h4-5,8-9,15,17-18,21-22H,1-3,6-7,10-14H2,(H,23,24);1H. The number of carbonyl (C=O) groups is 1. The maximum Gasteiger partial charge on any atom is 0.303 e. The Morgan fingerprint density at radius 3 is 2.21 bits per heavy atom. The SMILES string of the molecule is Cl.O=C(O)CCC1CCC(NS(=O)(=O)c2ccc(C3CCNCC3)cc2)CC1. The summed E-state index contributed by atoms with van der Waals surface area (Å²) in [6.07, 6.45) is 6.39. The third-order valence-corrected chi connectivity index (χ3v) is 7.47. The van der Waals surface area contributed by atoms with Gasteiger partial charge in [-0.05, 0) is 87.6 Å². The van der Waals surface area contributed by atoms with Gasteiger partial charge in [-0.1, -0.05) is 12.1 Å². The Kier molecular flexibility index (Phi) is 8.74. The Labute approximate surface area is 173 Å². The highest BCUT2D eigenvalue weighted by molar-refractivity contribution is 7.89. The molecule has 1 aromatic carbocycles. The summed E-state index contributed by atoms with van der Waals surface area (Å²) in [6, 6.07) is 7.29. The quantitative estimate of drug-likeness (QED) is 0.617. The number of rotatable bonds is 7. The normalized spacial score (nSPS) is 23.7. The van der Waals surface area contributed by atoms with Crippen molar-refractivity contribution in [2.45, 2.75) is 68.2 Å². The van der Waals surface area contributed by atoms with Gasteiger partial charge in [0.2, 0.25) is 10.0 Å². The Hall–Kier alpha value is -1.15. The predicted octanol–water partition coefficient (Wildman–Crippen LogP) is 3.28. The van der Waals surface area contributed by atoms with Crippen molar-refractivity contribution in [2.75, 3.05) is 13.1 Å². The molecule has 2 fully saturated rings. The van der Waals surface area contributed by atoms with Crippen LogP contribution in [0.2, 0.25) is 0 Å². The van der Waals surface area contributed by atoms with E-state index < -0.39 is 16.0 Å². The van der Waals surface area contributed by atoms with Crippen LogP contribution in [-0.4, -0.2) is 38.6 Å². The lowest BCUT2D eigenvalue weighted by Gasteiger charge is -2.28. The maximum absolute atomic E-state index is 12.7. The molecule has 3 rings (SSSR count). The number of carboxylic acids is 1. The summed E-state index contributed by atoms with van der Waals surface area (Å²) in [4.78, 5) is 11.0. The second-order valence-electron chi connectivity index (χ2n) is 7.86. The van der Waals surface area contributed by atoms with Crippen molar-refractivity contribution >= 4 is 28.4 Å². The summed E-state index contributed by atoms with van der Waals surface area (Å²) in [7, 11) is -3.51. The maximum atomic E-state index is 12.7. The molecule has 1 aliphatic carbocycles. The van der Waals surface area contributed by atoms with Crippen molar-refractivity contribution in [3.63, 3.8) is 0 Å². The smallest absolute Gasteiger partial charge is 0.303 e. The number of benzene rings is 1. The number of hydrogen-bond acceptors (Lipinski definition) is 4. The lowest BCUT2D eigenvalue weighted by atomic mass is 9.84. The fraction of sp³-hybridized carbons (Fsp3) is 0.650. The Morgan fingerprint density at radius 1 is 1.04 bits per heavy atom. The first kappa shape index (κ1) is 23.1. The van der Waals surface area contributed by atoms with Gasteiger partial charge in [0.1, 0.15) is 0 Å². The van der Waals surface area contributed by atoms with Crippen LogP contribution in [0.1, 0.15) is 62.8 Å². The van der Waals surface area contributed by atoms with Gasteiger partial charge in [-0.15, -0.1) is 12.4 Å². The molecule has 1 saturated carbocycles. The molecular formula is C20H31ClN2O4S. The zero-order valence-corrected chi connectivity index (χ0v) is 17.7. The van der Waals surface area contributed by atoms with Gasteiger partial charge in [-0.2, -0.15) is 0 Å². The van der Waals surface area contributed by atoms with Gasteiger partial charge < -0.3 is 10.4 Å². The van der Waals surface area contributed by atoms with E-state index in [4.69, 9.17) is 5.11 Å². The van der Waals surface area contributed by atoms with E-state index in [2.05, 4.69) is 10.0 Å². The lowest BCUT2D eigenvalue weighted by Crippen LogP contribution is -2.37. The Balaban J connectivity index is 0.00000280.